The number of ketones is 3. The van der Waals surface area contributed by atoms with Crippen LogP contribution in [-0.2, 0) is 41.6 Å². The number of epoxide rings is 1. The fourth-order valence-electron chi connectivity index (χ4n) is 8.49. The van der Waals surface area contributed by atoms with Gasteiger partial charge < -0.3 is 25.2 Å². The molecule has 2 fully saturated rings. The number of piperazine rings is 1. The van der Waals surface area contributed by atoms with Crippen LogP contribution in [0.3, 0.4) is 0 Å². The Hall–Kier alpha value is -3.73. The minimum Gasteiger partial charge on any atom is -0.361 e. The zero-order valence-corrected chi connectivity index (χ0v) is 38.4. The van der Waals surface area contributed by atoms with Gasteiger partial charge in [-0.15, -0.1) is 0 Å². The molecule has 2 amide bonds. The predicted molar refractivity (Wildman–Crippen MR) is 244 cm³/mol. The molecule has 0 saturated carbocycles. The number of Topliss-reactive ketones (excluding diaryl/α,β-unsaturated/α-hetero) is 3. The topological polar surface area (TPSA) is 128 Å². The molecule has 1 unspecified atom stereocenters. The zero-order valence-electron chi connectivity index (χ0n) is 38.4. The third kappa shape index (κ3) is 18.6. The summed E-state index contributed by atoms with van der Waals surface area (Å²) in [6.07, 6.45) is 10.7. The van der Waals surface area contributed by atoms with Crippen LogP contribution in [-0.4, -0.2) is 103 Å². The van der Waals surface area contributed by atoms with Crippen LogP contribution in [0, 0.1) is 23.7 Å². The largest absolute Gasteiger partial charge is 0.361 e. The lowest BCUT2D eigenvalue weighted by molar-refractivity contribution is -0.135. The van der Waals surface area contributed by atoms with Crippen molar-refractivity contribution in [3.8, 4) is 0 Å². The first-order valence-electron chi connectivity index (χ1n) is 23.5. The quantitative estimate of drug-likeness (QED) is 0.0603. The summed E-state index contributed by atoms with van der Waals surface area (Å²) in [6.45, 7) is 16.0. The predicted octanol–water partition coefficient (Wildman–Crippen LogP) is 7.80. The van der Waals surface area contributed by atoms with Crippen molar-refractivity contribution >= 4 is 29.2 Å². The maximum atomic E-state index is 14.3. The van der Waals surface area contributed by atoms with E-state index in [1.807, 2.05) is 88.4 Å². The van der Waals surface area contributed by atoms with E-state index >= 15 is 0 Å². The molecular weight excluding hydrogens is 765 g/mol. The first kappa shape index (κ1) is 49.9. The summed E-state index contributed by atoms with van der Waals surface area (Å²) in [5.41, 5.74) is 1.10. The molecule has 2 heterocycles. The Bertz CT molecular complexity index is 1640. The molecule has 0 spiro atoms. The third-order valence-corrected chi connectivity index (χ3v) is 12.5. The summed E-state index contributed by atoms with van der Waals surface area (Å²) in [7, 11) is 2.19. The van der Waals surface area contributed by atoms with Crippen LogP contribution >= 0.6 is 0 Å². The molecule has 2 N–H and O–H groups in total. The number of benzene rings is 2. The van der Waals surface area contributed by atoms with Gasteiger partial charge in [-0.3, -0.25) is 24.0 Å². The summed E-state index contributed by atoms with van der Waals surface area (Å²) in [4.78, 5) is 74.5. The van der Waals surface area contributed by atoms with Crippen molar-refractivity contribution in [3.05, 3.63) is 71.8 Å². The van der Waals surface area contributed by atoms with Crippen LogP contribution < -0.4 is 10.6 Å². The molecule has 4 rings (SSSR count). The smallest absolute Gasteiger partial charge is 0.224 e. The van der Waals surface area contributed by atoms with E-state index in [0.717, 1.165) is 43.5 Å². The summed E-state index contributed by atoms with van der Waals surface area (Å²) in [5.74, 6) is -2.03. The van der Waals surface area contributed by atoms with E-state index in [4.69, 9.17) is 4.74 Å². The average molecular weight is 843 g/mol. The number of rotatable bonds is 30. The van der Waals surface area contributed by atoms with Crippen molar-refractivity contribution in [1.29, 1.82) is 0 Å². The molecule has 2 aliphatic heterocycles. The zero-order chi connectivity index (χ0) is 44.2. The van der Waals surface area contributed by atoms with Crippen molar-refractivity contribution in [2.75, 3.05) is 46.4 Å². The standard InChI is InChI=1S/C51H78N4O6/c1-38(2)32-45(47(57)36-43(34-41-22-16-13-17-23-41)50(60)53-46(33-39(3)4)48(58)51(5)37-61-51)52-49(59)42(26-25-40-20-14-12-15-21-40)35-44(56)24-18-10-8-7-9-11-19-27-55-30-28-54(6)29-31-55/h12-17,20-23,38-39,42-43,45-46H,7-11,18-19,24-37H2,1-6H3,(H,52,59)(H,53,60)/t42?,43-,45+,46+,51-/m1/s1. The number of carbonyl (C=O) groups excluding carboxylic acids is 5. The number of likely N-dealkylation sites (N-methyl/N-ethyl adjacent to an activating group) is 1. The Labute approximate surface area is 367 Å². The van der Waals surface area contributed by atoms with Crippen molar-refractivity contribution < 1.29 is 28.7 Å². The molecule has 2 aliphatic rings. The number of carbonyl (C=O) groups is 5. The highest BCUT2D eigenvalue weighted by molar-refractivity contribution is 5.98. The number of unbranched alkanes of at least 4 members (excludes halogenated alkanes) is 6. The molecular formula is C51H78N4O6. The molecule has 0 radical (unpaired) electrons. The molecule has 61 heavy (non-hydrogen) atoms. The van der Waals surface area contributed by atoms with Gasteiger partial charge in [0.25, 0.3) is 0 Å². The lowest BCUT2D eigenvalue weighted by Gasteiger charge is -2.32. The molecule has 0 aromatic heterocycles. The third-order valence-electron chi connectivity index (χ3n) is 12.5. The minimum atomic E-state index is -0.896. The Kier molecular flexibility index (Phi) is 21.3. The molecule has 0 aliphatic carbocycles. The molecule has 2 aromatic rings. The Morgan fingerprint density at radius 2 is 1.20 bits per heavy atom. The van der Waals surface area contributed by atoms with E-state index in [-0.39, 0.29) is 53.8 Å². The highest BCUT2D eigenvalue weighted by atomic mass is 16.6. The van der Waals surface area contributed by atoms with Gasteiger partial charge in [-0.05, 0) is 88.4 Å². The normalized spacial score (nSPS) is 19.0. The van der Waals surface area contributed by atoms with Crippen molar-refractivity contribution in [2.24, 2.45) is 23.7 Å². The van der Waals surface area contributed by atoms with Crippen LogP contribution in [0.25, 0.3) is 0 Å². The van der Waals surface area contributed by atoms with Crippen molar-refractivity contribution in [1.82, 2.24) is 20.4 Å². The average Bonchev–Trinajstić information content (AvgIpc) is 3.99. The van der Waals surface area contributed by atoms with Crippen LogP contribution in [0.1, 0.15) is 129 Å². The number of aryl methyl sites for hydroxylation is 1. The number of ether oxygens (including phenoxy) is 1. The maximum absolute atomic E-state index is 14.3. The molecule has 338 valence electrons. The van der Waals surface area contributed by atoms with Gasteiger partial charge in [-0.1, -0.05) is 120 Å². The molecule has 2 aromatic carbocycles. The molecule has 10 nitrogen and oxygen atoms in total. The second-order valence-electron chi connectivity index (χ2n) is 19.2. The number of amides is 2. The Morgan fingerprint density at radius 3 is 1.79 bits per heavy atom. The van der Waals surface area contributed by atoms with Crippen molar-refractivity contribution in [2.45, 2.75) is 149 Å². The fourth-order valence-corrected chi connectivity index (χ4v) is 8.49. The summed E-state index contributed by atoms with van der Waals surface area (Å²) in [6, 6.07) is 18.0. The molecule has 5 atom stereocenters. The van der Waals surface area contributed by atoms with E-state index in [1.54, 1.807) is 6.92 Å². The number of hydrogen-bond donors (Lipinski definition) is 2. The van der Waals surface area contributed by atoms with E-state index in [1.165, 1.54) is 45.3 Å². The first-order valence-corrected chi connectivity index (χ1v) is 23.5. The Morgan fingerprint density at radius 1 is 0.672 bits per heavy atom. The van der Waals surface area contributed by atoms with Crippen LogP contribution in [0.5, 0.6) is 0 Å². The van der Waals surface area contributed by atoms with Gasteiger partial charge in [0.2, 0.25) is 11.8 Å². The van der Waals surface area contributed by atoms with E-state index in [9.17, 15) is 24.0 Å². The van der Waals surface area contributed by atoms with Gasteiger partial charge in [0.1, 0.15) is 11.4 Å². The van der Waals surface area contributed by atoms with E-state index in [2.05, 4.69) is 27.5 Å². The lowest BCUT2D eigenvalue weighted by atomic mass is 9.87. The van der Waals surface area contributed by atoms with Gasteiger partial charge in [-0.2, -0.15) is 0 Å². The van der Waals surface area contributed by atoms with Crippen LogP contribution in [0.4, 0.5) is 0 Å². The fraction of sp³-hybridized carbons (Fsp3) is 0.667. The first-order chi connectivity index (χ1) is 29.2. The minimum absolute atomic E-state index is 0.0858. The molecule has 10 heteroatoms. The molecule has 2 saturated heterocycles. The van der Waals surface area contributed by atoms with E-state index < -0.39 is 29.5 Å². The van der Waals surface area contributed by atoms with Gasteiger partial charge in [0.15, 0.2) is 11.6 Å². The summed E-state index contributed by atoms with van der Waals surface area (Å²) in [5, 5.41) is 6.10. The SMILES string of the molecule is CC(C)C[C@H](NC(=O)C(CCc1ccccc1)CC(=O)CCCCCCCCCN1CCN(C)CC1)C(=O)C[C@@H](Cc1ccccc1)C(=O)N[C@@H](CC(C)C)C(=O)[C@@]1(C)CO1. The highest BCUT2D eigenvalue weighted by Crippen LogP contribution is 2.30. The van der Waals surface area contributed by atoms with Gasteiger partial charge >= 0.3 is 0 Å². The van der Waals surface area contributed by atoms with Crippen LogP contribution in [0.15, 0.2) is 60.7 Å². The second kappa shape index (κ2) is 26.0. The van der Waals surface area contributed by atoms with Crippen LogP contribution in [0.2, 0.25) is 0 Å². The maximum Gasteiger partial charge on any atom is 0.224 e. The summed E-state index contributed by atoms with van der Waals surface area (Å²) >= 11 is 0. The monoisotopic (exact) mass is 843 g/mol. The van der Waals surface area contributed by atoms with Crippen molar-refractivity contribution in [3.63, 3.8) is 0 Å². The number of nitrogens with zero attached hydrogens (tertiary/aromatic N) is 2. The second-order valence-corrected chi connectivity index (χ2v) is 19.2. The van der Waals surface area contributed by atoms with Gasteiger partial charge in [0.05, 0.1) is 18.7 Å². The van der Waals surface area contributed by atoms with E-state index in [0.29, 0.717) is 45.1 Å². The van der Waals surface area contributed by atoms with Gasteiger partial charge in [0, 0.05) is 57.3 Å². The number of hydrogen-bond acceptors (Lipinski definition) is 8. The van der Waals surface area contributed by atoms with Gasteiger partial charge in [-0.25, -0.2) is 0 Å². The Balaban J connectivity index is 1.36. The molecule has 0 bridgehead atoms. The highest BCUT2D eigenvalue weighted by Gasteiger charge is 2.50. The lowest BCUT2D eigenvalue weighted by Crippen LogP contribution is -2.50. The summed E-state index contributed by atoms with van der Waals surface area (Å²) < 4.78 is 5.46. The number of nitrogens with one attached hydrogen (secondary N) is 2.